The highest BCUT2D eigenvalue weighted by Crippen LogP contribution is 2.28. The number of halogens is 1. The van der Waals surface area contributed by atoms with E-state index in [1.54, 1.807) is 24.3 Å². The highest BCUT2D eigenvalue weighted by atomic mass is 35.5. The SMILES string of the molecule is CCn1c(SCC(=O)Nc2nc3ccccc3s2)nnc1[C@H](NC(=O)c1ccccc1Cl)C(C)C. The molecule has 0 bridgehead atoms. The highest BCUT2D eigenvalue weighted by molar-refractivity contribution is 7.99. The van der Waals surface area contributed by atoms with E-state index in [0.29, 0.717) is 33.2 Å². The molecule has 0 saturated heterocycles. The summed E-state index contributed by atoms with van der Waals surface area (Å²) in [5.74, 6) is 0.401. The Morgan fingerprint density at radius 3 is 2.57 bits per heavy atom. The quantitative estimate of drug-likeness (QED) is 0.281. The van der Waals surface area contributed by atoms with Crippen LogP contribution in [0.1, 0.15) is 43.0 Å². The summed E-state index contributed by atoms with van der Waals surface area (Å²) in [6.45, 7) is 6.58. The van der Waals surface area contributed by atoms with Crippen LogP contribution < -0.4 is 10.6 Å². The number of para-hydroxylation sites is 1. The number of carbonyl (C=O) groups excluding carboxylic acids is 2. The van der Waals surface area contributed by atoms with E-state index in [0.717, 1.165) is 10.2 Å². The van der Waals surface area contributed by atoms with Crippen molar-refractivity contribution in [3.05, 3.63) is 64.9 Å². The molecular weight excluding hydrogens is 504 g/mol. The predicted octanol–water partition coefficient (Wildman–Crippen LogP) is 5.42. The van der Waals surface area contributed by atoms with Crippen molar-refractivity contribution < 1.29 is 9.59 Å². The van der Waals surface area contributed by atoms with Crippen LogP contribution in [0.25, 0.3) is 10.2 Å². The van der Waals surface area contributed by atoms with Crippen LogP contribution in [0.4, 0.5) is 5.13 Å². The molecule has 1 atom stereocenters. The summed E-state index contributed by atoms with van der Waals surface area (Å²) in [5.41, 5.74) is 1.26. The van der Waals surface area contributed by atoms with Crippen molar-refractivity contribution in [1.29, 1.82) is 0 Å². The van der Waals surface area contributed by atoms with Crippen molar-refractivity contribution in [3.8, 4) is 0 Å². The maximum absolute atomic E-state index is 12.9. The number of thioether (sulfide) groups is 1. The van der Waals surface area contributed by atoms with Crippen molar-refractivity contribution in [3.63, 3.8) is 0 Å². The summed E-state index contributed by atoms with van der Waals surface area (Å²) in [6.07, 6.45) is 0. The van der Waals surface area contributed by atoms with Crippen molar-refractivity contribution >= 4 is 61.9 Å². The van der Waals surface area contributed by atoms with Gasteiger partial charge in [0.1, 0.15) is 0 Å². The molecule has 2 amide bonds. The second-order valence-corrected chi connectivity index (χ2v) is 10.5. The maximum Gasteiger partial charge on any atom is 0.253 e. The molecule has 0 fully saturated rings. The van der Waals surface area contributed by atoms with Gasteiger partial charge in [-0.25, -0.2) is 4.98 Å². The summed E-state index contributed by atoms with van der Waals surface area (Å²) >= 11 is 8.93. The Morgan fingerprint density at radius 2 is 1.86 bits per heavy atom. The molecule has 0 unspecified atom stereocenters. The lowest BCUT2D eigenvalue weighted by atomic mass is 10.0. The highest BCUT2D eigenvalue weighted by Gasteiger charge is 2.27. The van der Waals surface area contributed by atoms with Crippen molar-refractivity contribution in [1.82, 2.24) is 25.1 Å². The monoisotopic (exact) mass is 528 g/mol. The van der Waals surface area contributed by atoms with Crippen molar-refractivity contribution in [2.24, 2.45) is 5.92 Å². The average Bonchev–Trinajstić information content (AvgIpc) is 3.44. The Kier molecular flexibility index (Phi) is 8.04. The van der Waals surface area contributed by atoms with Gasteiger partial charge in [0.2, 0.25) is 5.91 Å². The van der Waals surface area contributed by atoms with E-state index >= 15 is 0 Å². The molecule has 0 aliphatic heterocycles. The van der Waals surface area contributed by atoms with Gasteiger partial charge in [-0.1, -0.05) is 72.8 Å². The zero-order valence-electron chi connectivity index (χ0n) is 19.5. The number of thiazole rings is 1. The van der Waals surface area contributed by atoms with Gasteiger partial charge in [-0.3, -0.25) is 9.59 Å². The minimum Gasteiger partial charge on any atom is -0.342 e. The summed E-state index contributed by atoms with van der Waals surface area (Å²) in [5, 5.41) is 16.1. The lowest BCUT2D eigenvalue weighted by Gasteiger charge is -2.22. The Balaban J connectivity index is 1.45. The number of nitrogens with one attached hydrogen (secondary N) is 2. The van der Waals surface area contributed by atoms with E-state index < -0.39 is 0 Å². The normalized spacial score (nSPS) is 12.1. The van der Waals surface area contributed by atoms with Gasteiger partial charge in [-0.15, -0.1) is 10.2 Å². The van der Waals surface area contributed by atoms with E-state index in [1.807, 2.05) is 49.6 Å². The second-order valence-electron chi connectivity index (χ2n) is 8.08. The molecule has 4 rings (SSSR count). The maximum atomic E-state index is 12.9. The molecule has 2 heterocycles. The molecule has 2 N–H and O–H groups in total. The zero-order valence-corrected chi connectivity index (χ0v) is 21.9. The number of amides is 2. The van der Waals surface area contributed by atoms with Gasteiger partial charge in [0.05, 0.1) is 32.6 Å². The Labute approximate surface area is 216 Å². The van der Waals surface area contributed by atoms with Crippen LogP contribution in [0.5, 0.6) is 0 Å². The Hall–Kier alpha value is -2.95. The second kappa shape index (κ2) is 11.2. The third-order valence-electron chi connectivity index (χ3n) is 5.28. The summed E-state index contributed by atoms with van der Waals surface area (Å²) in [4.78, 5) is 29.9. The van der Waals surface area contributed by atoms with E-state index in [2.05, 4.69) is 25.8 Å². The first-order valence-corrected chi connectivity index (χ1v) is 13.3. The molecule has 2 aromatic carbocycles. The number of benzene rings is 2. The number of aromatic nitrogens is 4. The largest absolute Gasteiger partial charge is 0.342 e. The summed E-state index contributed by atoms with van der Waals surface area (Å²) in [6, 6.07) is 14.3. The number of hydrogen-bond donors (Lipinski definition) is 2. The van der Waals surface area contributed by atoms with Crippen LogP contribution in [0, 0.1) is 5.92 Å². The summed E-state index contributed by atoms with van der Waals surface area (Å²) < 4.78 is 2.94. The van der Waals surface area contributed by atoms with Gasteiger partial charge < -0.3 is 15.2 Å². The molecule has 0 spiro atoms. The number of nitrogens with zero attached hydrogens (tertiary/aromatic N) is 4. The fraction of sp³-hybridized carbons (Fsp3) is 0.292. The van der Waals surface area contributed by atoms with Crippen LogP contribution in [0.3, 0.4) is 0 Å². The minimum absolute atomic E-state index is 0.0520. The summed E-state index contributed by atoms with van der Waals surface area (Å²) in [7, 11) is 0. The molecule has 0 aliphatic rings. The first-order chi connectivity index (χ1) is 16.9. The standard InChI is InChI=1S/C24H25ClN6O2S2/c1-4-31-21(20(14(2)3)28-22(33)15-9-5-6-10-16(15)25)29-30-24(31)34-13-19(32)27-23-26-17-11-7-8-12-18(17)35-23/h5-12,14,20H,4,13H2,1-3H3,(H,28,33)(H,26,27,32)/t20-/m1/s1. The van der Waals surface area contributed by atoms with E-state index in [-0.39, 0.29) is 29.5 Å². The molecule has 0 saturated carbocycles. The molecule has 35 heavy (non-hydrogen) atoms. The van der Waals surface area contributed by atoms with Crippen LogP contribution in [0.2, 0.25) is 5.02 Å². The molecule has 8 nitrogen and oxygen atoms in total. The molecule has 182 valence electrons. The number of rotatable bonds is 9. The third-order valence-corrected chi connectivity index (χ3v) is 7.53. The lowest BCUT2D eigenvalue weighted by molar-refractivity contribution is -0.113. The van der Waals surface area contributed by atoms with Crippen LogP contribution in [-0.4, -0.2) is 37.3 Å². The molecule has 4 aromatic rings. The lowest BCUT2D eigenvalue weighted by Crippen LogP contribution is -2.34. The molecule has 0 aliphatic carbocycles. The van der Waals surface area contributed by atoms with Crippen LogP contribution in [0.15, 0.2) is 53.7 Å². The van der Waals surface area contributed by atoms with Gasteiger partial charge in [-0.2, -0.15) is 0 Å². The smallest absolute Gasteiger partial charge is 0.253 e. The van der Waals surface area contributed by atoms with E-state index in [4.69, 9.17) is 11.6 Å². The minimum atomic E-state index is -0.378. The molecule has 11 heteroatoms. The number of fused-ring (bicyclic) bond motifs is 1. The van der Waals surface area contributed by atoms with Crippen LogP contribution in [-0.2, 0) is 11.3 Å². The molecule has 0 radical (unpaired) electrons. The fourth-order valence-corrected chi connectivity index (χ4v) is 5.45. The molecule has 2 aromatic heterocycles. The van der Waals surface area contributed by atoms with Gasteiger partial charge in [0.25, 0.3) is 5.91 Å². The van der Waals surface area contributed by atoms with Gasteiger partial charge in [-0.05, 0) is 37.1 Å². The molecular formula is C24H25ClN6O2S2. The van der Waals surface area contributed by atoms with Gasteiger partial charge in [0.15, 0.2) is 16.1 Å². The van der Waals surface area contributed by atoms with Gasteiger partial charge in [0, 0.05) is 6.54 Å². The van der Waals surface area contributed by atoms with Crippen LogP contribution >= 0.6 is 34.7 Å². The third kappa shape index (κ3) is 5.83. The fourth-order valence-electron chi connectivity index (χ4n) is 3.54. The Morgan fingerprint density at radius 1 is 1.11 bits per heavy atom. The predicted molar refractivity (Wildman–Crippen MR) is 141 cm³/mol. The zero-order chi connectivity index (χ0) is 24.9. The van der Waals surface area contributed by atoms with E-state index in [9.17, 15) is 9.59 Å². The van der Waals surface area contributed by atoms with Gasteiger partial charge >= 0.3 is 0 Å². The van der Waals surface area contributed by atoms with Crippen molar-refractivity contribution in [2.45, 2.75) is 38.5 Å². The number of hydrogen-bond acceptors (Lipinski definition) is 7. The first-order valence-electron chi connectivity index (χ1n) is 11.1. The number of carbonyl (C=O) groups is 2. The first kappa shape index (κ1) is 25.2. The average molecular weight is 529 g/mol. The Bertz CT molecular complexity index is 1320. The van der Waals surface area contributed by atoms with E-state index in [1.165, 1.54) is 23.1 Å². The number of anilines is 1. The van der Waals surface area contributed by atoms with Crippen molar-refractivity contribution in [2.75, 3.05) is 11.1 Å². The topological polar surface area (TPSA) is 102 Å².